The van der Waals surface area contributed by atoms with Crippen molar-refractivity contribution >= 4 is 0 Å². The van der Waals surface area contributed by atoms with Crippen LogP contribution >= 0.6 is 0 Å². The van der Waals surface area contributed by atoms with E-state index in [-0.39, 0.29) is 11.9 Å². The van der Waals surface area contributed by atoms with Crippen LogP contribution in [0.2, 0.25) is 0 Å². The molecule has 0 amide bonds. The Hall–Kier alpha value is -1.33. The topological polar surface area (TPSA) is 26.0 Å². The Morgan fingerprint density at radius 2 is 2.15 bits per heavy atom. The Balaban J connectivity index is 3.02. The molecule has 1 nitrogen and oxygen atoms in total. The lowest BCUT2D eigenvalue weighted by Gasteiger charge is -1.96. The van der Waals surface area contributed by atoms with Gasteiger partial charge in [-0.15, -0.1) is 0 Å². The molecule has 0 aliphatic carbocycles. The predicted octanol–water partition coefficient (Wildman–Crippen LogP) is 1.83. The van der Waals surface area contributed by atoms with Crippen molar-refractivity contribution in [2.24, 2.45) is 5.73 Å². The van der Waals surface area contributed by atoms with E-state index in [4.69, 9.17) is 5.73 Å². The minimum absolute atomic E-state index is 0.222. The Morgan fingerprint density at radius 3 is 2.77 bits per heavy atom. The highest BCUT2D eigenvalue weighted by molar-refractivity contribution is 5.38. The summed E-state index contributed by atoms with van der Waals surface area (Å²) in [6.07, 6.45) is 0. The highest BCUT2D eigenvalue weighted by Crippen LogP contribution is 2.08. The number of nitrogens with two attached hydrogens (primary N) is 1. The summed E-state index contributed by atoms with van der Waals surface area (Å²) in [5, 5.41) is 0. The minimum Gasteiger partial charge on any atom is -0.318 e. The third-order valence-electron chi connectivity index (χ3n) is 1.56. The standard InChI is InChI=1S/C11H12FN/c1-8-3-6-11(12)10(7-8)5-4-9(2)13/h3,6-7,9H,13H2,1-2H3. The summed E-state index contributed by atoms with van der Waals surface area (Å²) >= 11 is 0. The molecule has 0 bridgehead atoms. The van der Waals surface area contributed by atoms with Crippen molar-refractivity contribution in [2.45, 2.75) is 19.9 Å². The average molecular weight is 177 g/mol. The maximum absolute atomic E-state index is 13.1. The van der Waals surface area contributed by atoms with Gasteiger partial charge in [0.25, 0.3) is 0 Å². The first-order valence-corrected chi connectivity index (χ1v) is 4.13. The van der Waals surface area contributed by atoms with E-state index < -0.39 is 0 Å². The molecule has 2 N–H and O–H groups in total. The summed E-state index contributed by atoms with van der Waals surface area (Å²) in [5.41, 5.74) is 6.84. The third kappa shape index (κ3) is 2.89. The number of halogens is 1. The Bertz CT molecular complexity index is 358. The Kier molecular flexibility index (Phi) is 3.05. The largest absolute Gasteiger partial charge is 0.318 e. The molecule has 0 heterocycles. The normalized spacial score (nSPS) is 11.7. The van der Waals surface area contributed by atoms with E-state index in [0.717, 1.165) is 5.56 Å². The maximum atomic E-state index is 13.1. The molecule has 0 saturated heterocycles. The number of hydrogen-bond acceptors (Lipinski definition) is 1. The molecule has 0 saturated carbocycles. The summed E-state index contributed by atoms with van der Waals surface area (Å²) in [5.74, 6) is 5.13. The van der Waals surface area contributed by atoms with Crippen LogP contribution in [-0.2, 0) is 0 Å². The van der Waals surface area contributed by atoms with Crippen molar-refractivity contribution in [3.8, 4) is 11.8 Å². The molecule has 0 spiro atoms. The zero-order chi connectivity index (χ0) is 9.84. The van der Waals surface area contributed by atoms with Crippen molar-refractivity contribution in [3.63, 3.8) is 0 Å². The molecule has 1 aromatic carbocycles. The second-order valence-electron chi connectivity index (χ2n) is 3.04. The fourth-order valence-electron chi connectivity index (χ4n) is 0.926. The van der Waals surface area contributed by atoms with Gasteiger partial charge >= 0.3 is 0 Å². The number of hydrogen-bond donors (Lipinski definition) is 1. The predicted molar refractivity (Wildman–Crippen MR) is 51.7 cm³/mol. The fraction of sp³-hybridized carbons (Fsp3) is 0.273. The number of rotatable bonds is 0. The van der Waals surface area contributed by atoms with Gasteiger partial charge < -0.3 is 5.73 Å². The lowest BCUT2D eigenvalue weighted by atomic mass is 10.1. The van der Waals surface area contributed by atoms with Crippen molar-refractivity contribution in [3.05, 3.63) is 35.1 Å². The zero-order valence-corrected chi connectivity index (χ0v) is 7.76. The van der Waals surface area contributed by atoms with Crippen LogP contribution in [0, 0.1) is 24.6 Å². The zero-order valence-electron chi connectivity index (χ0n) is 7.76. The van der Waals surface area contributed by atoms with Crippen LogP contribution in [0.1, 0.15) is 18.1 Å². The summed E-state index contributed by atoms with van der Waals surface area (Å²) in [6.45, 7) is 3.66. The molecule has 2 heteroatoms. The summed E-state index contributed by atoms with van der Waals surface area (Å²) < 4.78 is 13.1. The number of benzene rings is 1. The summed E-state index contributed by atoms with van der Waals surface area (Å²) in [4.78, 5) is 0. The van der Waals surface area contributed by atoms with Crippen LogP contribution in [0.15, 0.2) is 18.2 Å². The highest BCUT2D eigenvalue weighted by atomic mass is 19.1. The van der Waals surface area contributed by atoms with Gasteiger partial charge in [0.2, 0.25) is 0 Å². The van der Waals surface area contributed by atoms with Crippen LogP contribution in [0.5, 0.6) is 0 Å². The maximum Gasteiger partial charge on any atom is 0.138 e. The van der Waals surface area contributed by atoms with E-state index in [9.17, 15) is 4.39 Å². The van der Waals surface area contributed by atoms with Gasteiger partial charge in [-0.05, 0) is 31.5 Å². The molecular weight excluding hydrogens is 165 g/mol. The molecular formula is C11H12FN. The second kappa shape index (κ2) is 4.06. The molecule has 0 radical (unpaired) electrons. The van der Waals surface area contributed by atoms with E-state index in [1.807, 2.05) is 6.92 Å². The smallest absolute Gasteiger partial charge is 0.138 e. The van der Waals surface area contributed by atoms with Gasteiger partial charge in [-0.3, -0.25) is 0 Å². The van der Waals surface area contributed by atoms with Gasteiger partial charge in [-0.2, -0.15) is 0 Å². The molecule has 68 valence electrons. The first-order valence-electron chi connectivity index (χ1n) is 4.13. The van der Waals surface area contributed by atoms with Crippen LogP contribution in [0.4, 0.5) is 4.39 Å². The SMILES string of the molecule is Cc1ccc(F)c(C#CC(C)N)c1. The first kappa shape index (κ1) is 9.76. The highest BCUT2D eigenvalue weighted by Gasteiger charge is 1.97. The van der Waals surface area contributed by atoms with E-state index in [1.54, 1.807) is 19.1 Å². The molecule has 13 heavy (non-hydrogen) atoms. The molecule has 1 rings (SSSR count). The van der Waals surface area contributed by atoms with Gasteiger partial charge in [0.05, 0.1) is 11.6 Å². The third-order valence-corrected chi connectivity index (χ3v) is 1.56. The van der Waals surface area contributed by atoms with Gasteiger partial charge in [0.1, 0.15) is 5.82 Å². The van der Waals surface area contributed by atoms with Crippen LogP contribution in [-0.4, -0.2) is 6.04 Å². The van der Waals surface area contributed by atoms with Crippen molar-refractivity contribution in [1.29, 1.82) is 0 Å². The molecule has 1 atom stereocenters. The quantitative estimate of drug-likeness (QED) is 0.601. The van der Waals surface area contributed by atoms with Gasteiger partial charge in [-0.1, -0.05) is 17.9 Å². The van der Waals surface area contributed by atoms with Crippen molar-refractivity contribution in [1.82, 2.24) is 0 Å². The molecule has 1 aromatic rings. The molecule has 0 fully saturated rings. The van der Waals surface area contributed by atoms with Crippen LogP contribution in [0.25, 0.3) is 0 Å². The van der Waals surface area contributed by atoms with Crippen molar-refractivity contribution < 1.29 is 4.39 Å². The lowest BCUT2D eigenvalue weighted by Crippen LogP contribution is -2.11. The van der Waals surface area contributed by atoms with Crippen LogP contribution in [0.3, 0.4) is 0 Å². The minimum atomic E-state index is -0.293. The molecule has 1 unspecified atom stereocenters. The number of aryl methyl sites for hydroxylation is 1. The average Bonchev–Trinajstić information content (AvgIpc) is 2.06. The van der Waals surface area contributed by atoms with Crippen molar-refractivity contribution in [2.75, 3.05) is 0 Å². The van der Waals surface area contributed by atoms with E-state index in [1.165, 1.54) is 6.07 Å². The summed E-state index contributed by atoms with van der Waals surface area (Å²) in [7, 11) is 0. The molecule has 0 aliphatic rings. The molecule has 0 aromatic heterocycles. The van der Waals surface area contributed by atoms with Crippen LogP contribution < -0.4 is 5.73 Å². The van der Waals surface area contributed by atoms with Gasteiger partial charge in [0.15, 0.2) is 0 Å². The Morgan fingerprint density at radius 1 is 1.46 bits per heavy atom. The van der Waals surface area contributed by atoms with E-state index in [0.29, 0.717) is 5.56 Å². The fourth-order valence-corrected chi connectivity index (χ4v) is 0.926. The van der Waals surface area contributed by atoms with Gasteiger partial charge in [-0.25, -0.2) is 4.39 Å². The van der Waals surface area contributed by atoms with E-state index >= 15 is 0 Å². The first-order chi connectivity index (χ1) is 6.09. The summed E-state index contributed by atoms with van der Waals surface area (Å²) in [6, 6.07) is 4.62. The van der Waals surface area contributed by atoms with Gasteiger partial charge in [0, 0.05) is 0 Å². The monoisotopic (exact) mass is 177 g/mol. The molecule has 0 aliphatic heterocycles. The lowest BCUT2D eigenvalue weighted by molar-refractivity contribution is 0.624. The second-order valence-corrected chi connectivity index (χ2v) is 3.04. The van der Waals surface area contributed by atoms with E-state index in [2.05, 4.69) is 11.8 Å². The Labute approximate surface area is 77.8 Å².